The summed E-state index contributed by atoms with van der Waals surface area (Å²) in [7, 11) is 17.5. The molecule has 0 fully saturated rings. The van der Waals surface area contributed by atoms with E-state index in [-0.39, 0.29) is 7.35 Å². The second-order valence-electron chi connectivity index (χ2n) is 15.2. The molecule has 2 unspecified atom stereocenters. The van der Waals surface area contributed by atoms with Crippen LogP contribution in [0.15, 0.2) is 96.1 Å². The predicted octanol–water partition coefficient (Wildman–Crippen LogP) is 12.4. The van der Waals surface area contributed by atoms with Gasteiger partial charge in [0.1, 0.15) is 0 Å². The van der Waals surface area contributed by atoms with E-state index in [1.165, 1.54) is 44.5 Å². The molecule has 4 aromatic rings. The number of aryl methyl sites for hydroxylation is 2. The summed E-state index contributed by atoms with van der Waals surface area (Å²) in [5.41, 5.74) is 14.3. The summed E-state index contributed by atoms with van der Waals surface area (Å²) >= 11 is -6.04. The molecule has 0 spiro atoms. The van der Waals surface area contributed by atoms with Crippen molar-refractivity contribution in [2.75, 3.05) is 0 Å². The number of hydrogen-bond donors (Lipinski definition) is 2. The van der Waals surface area contributed by atoms with Crippen molar-refractivity contribution in [3.8, 4) is 22.3 Å². The Hall–Kier alpha value is -3.18. The predicted molar refractivity (Wildman–Crippen MR) is 228 cm³/mol. The number of fused-ring (bicyclic) bond motifs is 2. The van der Waals surface area contributed by atoms with Gasteiger partial charge in [0.05, 0.1) is 0 Å². The minimum absolute atomic E-state index is 0.355. The van der Waals surface area contributed by atoms with Gasteiger partial charge in [-0.25, -0.2) is 0 Å². The normalized spacial score (nSPS) is 16.7. The third-order valence-electron chi connectivity index (χ3n) is 11.7. The molecule has 6 rings (SSSR count). The summed E-state index contributed by atoms with van der Waals surface area (Å²) in [5, 5.41) is 6.07. The Bertz CT molecular complexity index is 1920. The first-order valence-electron chi connectivity index (χ1n) is 20.1. The molecule has 2 aliphatic rings. The summed E-state index contributed by atoms with van der Waals surface area (Å²) < 4.78 is -1.63. The van der Waals surface area contributed by atoms with Gasteiger partial charge < -0.3 is 0 Å². The number of hydrogen-bond acceptors (Lipinski definition) is 2. The van der Waals surface area contributed by atoms with Crippen LogP contribution in [0.5, 0.6) is 0 Å². The van der Waals surface area contributed by atoms with E-state index in [4.69, 9.17) is 17.2 Å². The zero-order valence-electron chi connectivity index (χ0n) is 32.3. The average Bonchev–Trinajstić information content (AvgIpc) is 3.77. The van der Waals surface area contributed by atoms with Crippen LogP contribution in [0, 0.1) is 0 Å². The summed E-state index contributed by atoms with van der Waals surface area (Å²) in [4.78, 5) is 25.2. The number of rotatable bonds is 19. The van der Waals surface area contributed by atoms with Gasteiger partial charge in [0.2, 0.25) is 0 Å². The first-order chi connectivity index (χ1) is 26.3. The van der Waals surface area contributed by atoms with Gasteiger partial charge in [-0.05, 0) is 0 Å². The molecule has 8 heteroatoms. The summed E-state index contributed by atoms with van der Waals surface area (Å²) in [5.74, 6) is 0. The van der Waals surface area contributed by atoms with Crippen LogP contribution < -0.4 is 10.5 Å². The standard InChI is InChI=1S/2C22H25.C2H3BN2O2.2ClH.Hf/c2*1-3-5-10-17-15-19-12-8-14-21(22(19)16-17)20-13-7-6-11-18(20)9-4-2;6-1-4-3-5-2-7;;;/h2*6-8,11-16H,3-5,9-10H2,1-2H3;1-2H,(H-,4,5,6,7);2*1H;/q;;;;;+1/p-1. The molecule has 0 radical (unpaired) electrons. The van der Waals surface area contributed by atoms with Crippen LogP contribution >= 0.6 is 17.2 Å². The number of amides is 2. The summed E-state index contributed by atoms with van der Waals surface area (Å²) in [6.45, 7) is 8.85. The molecule has 0 bridgehead atoms. The van der Waals surface area contributed by atoms with Crippen LogP contribution in [0.2, 0.25) is 0 Å². The molecule has 2 N–H and O–H groups in total. The van der Waals surface area contributed by atoms with E-state index >= 15 is 0 Å². The van der Waals surface area contributed by atoms with Crippen molar-refractivity contribution in [1.29, 1.82) is 0 Å². The summed E-state index contributed by atoms with van der Waals surface area (Å²) in [6.07, 6.45) is 15.7. The zero-order chi connectivity index (χ0) is 38.3. The Balaban J connectivity index is 1.67. The number of unbranched alkanes of at least 4 members (excludes halogenated alkanes) is 2. The third kappa shape index (κ3) is 7.40. The second-order valence-corrected chi connectivity index (χ2v) is 45.6. The van der Waals surface area contributed by atoms with E-state index in [1.807, 2.05) is 0 Å². The van der Waals surface area contributed by atoms with Gasteiger partial charge in [-0.2, -0.15) is 0 Å². The topological polar surface area (TPSA) is 58.2 Å². The molecular weight excluding hydrogens is 873 g/mol. The van der Waals surface area contributed by atoms with Gasteiger partial charge in [-0.3, -0.25) is 0 Å². The number of carbonyl (C=O) groups is 2. The summed E-state index contributed by atoms with van der Waals surface area (Å²) in [6, 6.07) is 30.5. The van der Waals surface area contributed by atoms with Crippen LogP contribution in [-0.2, 0) is 38.3 Å². The molecule has 4 aromatic carbocycles. The van der Waals surface area contributed by atoms with E-state index in [0.29, 0.717) is 12.8 Å². The SMILES string of the molecule is CCCCC1=Cc2c(-c3ccccc3CCC)cccc2[CH]1[Hf]([Cl])([Cl])([B](NC=O)NC=O)[CH]1C(CCCC)=Cc2c(-c3ccccc3CCC)cccc21. The van der Waals surface area contributed by atoms with Gasteiger partial charge in [0.15, 0.2) is 0 Å². The van der Waals surface area contributed by atoms with Crippen molar-refractivity contribution < 1.29 is 25.5 Å². The molecule has 54 heavy (non-hydrogen) atoms. The van der Waals surface area contributed by atoms with Gasteiger partial charge in [-0.15, -0.1) is 0 Å². The molecule has 2 atom stereocenters. The molecule has 0 aromatic heterocycles. The quantitative estimate of drug-likeness (QED) is 0.0727. The molecule has 281 valence electrons. The van der Waals surface area contributed by atoms with E-state index in [2.05, 4.69) is 135 Å². The Morgan fingerprint density at radius 1 is 0.556 bits per heavy atom. The van der Waals surface area contributed by atoms with Crippen molar-refractivity contribution in [2.24, 2.45) is 0 Å². The van der Waals surface area contributed by atoms with Crippen molar-refractivity contribution >= 4 is 46.7 Å². The van der Waals surface area contributed by atoms with Crippen molar-refractivity contribution in [1.82, 2.24) is 10.5 Å². The maximum atomic E-state index is 12.6. The van der Waals surface area contributed by atoms with Gasteiger partial charge in [0, 0.05) is 0 Å². The van der Waals surface area contributed by atoms with Crippen LogP contribution in [0.3, 0.4) is 0 Å². The Kier molecular flexibility index (Phi) is 13.3. The Morgan fingerprint density at radius 3 is 1.35 bits per heavy atom. The van der Waals surface area contributed by atoms with Crippen LogP contribution in [0.25, 0.3) is 34.4 Å². The Morgan fingerprint density at radius 2 is 0.963 bits per heavy atom. The van der Waals surface area contributed by atoms with E-state index in [9.17, 15) is 9.59 Å². The molecule has 0 aliphatic heterocycles. The third-order valence-corrected chi connectivity index (χ3v) is 40.4. The average molecular weight is 927 g/mol. The van der Waals surface area contributed by atoms with Crippen LogP contribution in [0.1, 0.15) is 120 Å². The van der Waals surface area contributed by atoms with Gasteiger partial charge in [-0.1, -0.05) is 0 Å². The molecule has 2 amide bonds. The second kappa shape index (κ2) is 17.7. The number of allylic oxidation sites excluding steroid dienone is 2. The molecule has 0 saturated heterocycles. The monoisotopic (exact) mass is 927 g/mol. The number of halogens is 2. The first-order valence-corrected chi connectivity index (χ1v) is 35.2. The molecule has 0 saturated carbocycles. The molecule has 2 aliphatic carbocycles. The van der Waals surface area contributed by atoms with Crippen molar-refractivity contribution in [3.63, 3.8) is 0 Å². The first kappa shape index (κ1) is 40.5. The zero-order valence-corrected chi connectivity index (χ0v) is 37.4. The van der Waals surface area contributed by atoms with Crippen molar-refractivity contribution in [2.45, 2.75) is 99.3 Å². The number of benzene rings is 4. The minimum atomic E-state index is -6.04. The Labute approximate surface area is 331 Å². The van der Waals surface area contributed by atoms with E-state index in [1.54, 1.807) is 0 Å². The fraction of sp³-hybridized carbons (Fsp3) is 0.348. The maximum absolute atomic E-state index is 12.6. The van der Waals surface area contributed by atoms with Crippen LogP contribution in [0.4, 0.5) is 0 Å². The molecule has 4 nitrogen and oxygen atoms in total. The number of nitrogens with one attached hydrogen (secondary N) is 2. The van der Waals surface area contributed by atoms with Crippen LogP contribution in [-0.4, -0.2) is 17.4 Å². The van der Waals surface area contributed by atoms with Gasteiger partial charge >= 0.3 is 334 Å². The molecular formula is C46H54BCl2HfN2O2. The molecule has 0 heterocycles. The van der Waals surface area contributed by atoms with E-state index < -0.39 is 20.5 Å². The fourth-order valence-corrected chi connectivity index (χ4v) is 39.1. The van der Waals surface area contributed by atoms with E-state index in [0.717, 1.165) is 86.5 Å². The fourth-order valence-electron chi connectivity index (χ4n) is 9.44. The van der Waals surface area contributed by atoms with Crippen molar-refractivity contribution in [3.05, 3.63) is 129 Å². The van der Waals surface area contributed by atoms with Gasteiger partial charge in [0.25, 0.3) is 0 Å². The number of carbonyl (C=O) groups excluding carboxylic acids is 2.